The van der Waals surface area contributed by atoms with Crippen LogP contribution in [0.2, 0.25) is 0 Å². The van der Waals surface area contributed by atoms with Gasteiger partial charge in [-0.1, -0.05) is 12.1 Å². The van der Waals surface area contributed by atoms with E-state index < -0.39 is 23.8 Å². The largest absolute Gasteiger partial charge is 0.376 e. The summed E-state index contributed by atoms with van der Waals surface area (Å²) in [6.45, 7) is 3.94. The predicted molar refractivity (Wildman–Crippen MR) is 109 cm³/mol. The van der Waals surface area contributed by atoms with Crippen LogP contribution in [-0.4, -0.2) is 66.9 Å². The standard InChI is InChI=1S/C22H26N4O5/c27-17-5-4-16(19(28)25-17)26-20(29)15-3-1-2-13(18(15)21(26)30)8-23-9-14-6-7-22(12-31-14)10-24-11-22/h1-3,14,16,23-24H,4-12H2,(H,25,27,28). The maximum absolute atomic E-state index is 13.1. The highest BCUT2D eigenvalue weighted by molar-refractivity contribution is 6.24. The molecule has 0 aliphatic carbocycles. The van der Waals surface area contributed by atoms with Crippen molar-refractivity contribution in [1.29, 1.82) is 0 Å². The van der Waals surface area contributed by atoms with Gasteiger partial charge in [-0.3, -0.25) is 29.4 Å². The predicted octanol–water partition coefficient (Wildman–Crippen LogP) is -0.0540. The molecule has 2 unspecified atom stereocenters. The first-order valence-corrected chi connectivity index (χ1v) is 10.8. The third-order valence-corrected chi connectivity index (χ3v) is 6.86. The van der Waals surface area contributed by atoms with Gasteiger partial charge >= 0.3 is 0 Å². The minimum absolute atomic E-state index is 0.108. The number of amides is 4. The molecule has 4 amide bonds. The number of imide groups is 2. The number of piperidine rings is 1. The Labute approximate surface area is 179 Å². The highest BCUT2D eigenvalue weighted by Gasteiger charge is 2.45. The normalized spacial score (nSPS) is 27.3. The molecule has 9 heteroatoms. The molecule has 3 saturated heterocycles. The summed E-state index contributed by atoms with van der Waals surface area (Å²) in [7, 11) is 0. The van der Waals surface area contributed by atoms with Crippen LogP contribution in [-0.2, 0) is 20.9 Å². The third kappa shape index (κ3) is 3.56. The lowest BCUT2D eigenvalue weighted by atomic mass is 9.76. The Hall–Kier alpha value is -2.62. The first-order valence-electron chi connectivity index (χ1n) is 10.8. The Bertz CT molecular complexity index is 947. The van der Waals surface area contributed by atoms with Crippen molar-refractivity contribution in [3.05, 3.63) is 34.9 Å². The lowest BCUT2D eigenvalue weighted by molar-refractivity contribution is -0.136. The van der Waals surface area contributed by atoms with Gasteiger partial charge in [-0.15, -0.1) is 0 Å². The number of nitrogens with one attached hydrogen (secondary N) is 3. The molecule has 4 heterocycles. The monoisotopic (exact) mass is 426 g/mol. The van der Waals surface area contributed by atoms with Gasteiger partial charge in [-0.25, -0.2) is 0 Å². The first kappa shape index (κ1) is 20.3. The van der Waals surface area contributed by atoms with E-state index in [9.17, 15) is 19.2 Å². The lowest BCUT2D eigenvalue weighted by Crippen LogP contribution is -2.59. The first-order chi connectivity index (χ1) is 15.0. The summed E-state index contributed by atoms with van der Waals surface area (Å²) < 4.78 is 6.02. The quantitative estimate of drug-likeness (QED) is 0.565. The molecule has 31 heavy (non-hydrogen) atoms. The summed E-state index contributed by atoms with van der Waals surface area (Å²) in [5, 5.41) is 8.90. The molecule has 5 rings (SSSR count). The SMILES string of the molecule is O=C1CCC(N2C(=O)c3cccc(CNCC4CCC5(CNC5)CO4)c3C2=O)C(=O)N1. The minimum atomic E-state index is -0.949. The van der Waals surface area contributed by atoms with E-state index in [0.717, 1.165) is 43.0 Å². The van der Waals surface area contributed by atoms with Crippen LogP contribution in [0.15, 0.2) is 18.2 Å². The topological polar surface area (TPSA) is 117 Å². The van der Waals surface area contributed by atoms with Gasteiger partial charge in [0.1, 0.15) is 6.04 Å². The van der Waals surface area contributed by atoms with Gasteiger partial charge in [-0.2, -0.15) is 0 Å². The van der Waals surface area contributed by atoms with E-state index in [1.54, 1.807) is 12.1 Å². The highest BCUT2D eigenvalue weighted by atomic mass is 16.5. The molecule has 0 bridgehead atoms. The van der Waals surface area contributed by atoms with E-state index in [1.807, 2.05) is 6.07 Å². The Morgan fingerprint density at radius 2 is 1.97 bits per heavy atom. The van der Waals surface area contributed by atoms with Crippen molar-refractivity contribution in [2.75, 3.05) is 26.2 Å². The van der Waals surface area contributed by atoms with Crippen molar-refractivity contribution >= 4 is 23.6 Å². The van der Waals surface area contributed by atoms with Crippen molar-refractivity contribution in [2.24, 2.45) is 5.41 Å². The molecular weight excluding hydrogens is 400 g/mol. The molecule has 1 spiro atoms. The second-order valence-corrected chi connectivity index (χ2v) is 8.99. The number of rotatable bonds is 5. The van der Waals surface area contributed by atoms with Crippen LogP contribution in [0.25, 0.3) is 0 Å². The molecular formula is C22H26N4O5. The molecule has 0 radical (unpaired) electrons. The molecule has 2 atom stereocenters. The van der Waals surface area contributed by atoms with Gasteiger partial charge < -0.3 is 15.4 Å². The van der Waals surface area contributed by atoms with Gasteiger partial charge in [0.15, 0.2) is 0 Å². The zero-order valence-electron chi connectivity index (χ0n) is 17.2. The van der Waals surface area contributed by atoms with E-state index in [0.29, 0.717) is 29.6 Å². The Balaban J connectivity index is 1.24. The summed E-state index contributed by atoms with van der Waals surface area (Å²) in [5.74, 6) is -1.93. The fourth-order valence-corrected chi connectivity index (χ4v) is 4.94. The summed E-state index contributed by atoms with van der Waals surface area (Å²) in [6, 6.07) is 4.23. The zero-order chi connectivity index (χ0) is 21.6. The number of carbonyl (C=O) groups excluding carboxylic acids is 4. The number of hydrogen-bond donors (Lipinski definition) is 3. The molecule has 3 fully saturated rings. The molecule has 1 aromatic rings. The average molecular weight is 426 g/mol. The summed E-state index contributed by atoms with van der Waals surface area (Å²) in [6.07, 6.45) is 2.56. The third-order valence-electron chi connectivity index (χ3n) is 6.86. The molecule has 4 aliphatic rings. The fourth-order valence-electron chi connectivity index (χ4n) is 4.94. The van der Waals surface area contributed by atoms with Gasteiger partial charge in [0, 0.05) is 38.0 Å². The Kier molecular flexibility index (Phi) is 5.11. The van der Waals surface area contributed by atoms with E-state index >= 15 is 0 Å². The maximum Gasteiger partial charge on any atom is 0.262 e. The number of nitrogens with zero attached hydrogens (tertiary/aromatic N) is 1. The van der Waals surface area contributed by atoms with Crippen molar-refractivity contribution in [3.63, 3.8) is 0 Å². The van der Waals surface area contributed by atoms with Gasteiger partial charge in [0.2, 0.25) is 11.8 Å². The number of fused-ring (bicyclic) bond motifs is 1. The summed E-state index contributed by atoms with van der Waals surface area (Å²) in [4.78, 5) is 50.7. The fraction of sp³-hybridized carbons (Fsp3) is 0.545. The van der Waals surface area contributed by atoms with Crippen LogP contribution in [0.4, 0.5) is 0 Å². The average Bonchev–Trinajstić information content (AvgIpc) is 2.99. The summed E-state index contributed by atoms with van der Waals surface area (Å²) in [5.41, 5.74) is 1.69. The van der Waals surface area contributed by atoms with Crippen LogP contribution in [0.5, 0.6) is 0 Å². The molecule has 164 valence electrons. The number of hydrogen-bond acceptors (Lipinski definition) is 7. The van der Waals surface area contributed by atoms with Crippen molar-refractivity contribution in [3.8, 4) is 0 Å². The Morgan fingerprint density at radius 1 is 1.13 bits per heavy atom. The van der Waals surface area contributed by atoms with Crippen molar-refractivity contribution in [2.45, 2.75) is 44.4 Å². The molecule has 4 aliphatic heterocycles. The second kappa shape index (κ2) is 7.81. The van der Waals surface area contributed by atoms with Crippen LogP contribution in [0, 0.1) is 5.41 Å². The Morgan fingerprint density at radius 3 is 2.65 bits per heavy atom. The van der Waals surface area contributed by atoms with E-state index in [1.165, 1.54) is 0 Å². The van der Waals surface area contributed by atoms with Crippen LogP contribution in [0.1, 0.15) is 52.0 Å². The molecule has 3 N–H and O–H groups in total. The number of carbonyl (C=O) groups is 4. The van der Waals surface area contributed by atoms with Gasteiger partial charge in [0.25, 0.3) is 11.8 Å². The van der Waals surface area contributed by atoms with Crippen LogP contribution in [0.3, 0.4) is 0 Å². The van der Waals surface area contributed by atoms with E-state index in [2.05, 4.69) is 16.0 Å². The lowest BCUT2D eigenvalue weighted by Gasteiger charge is -2.47. The zero-order valence-corrected chi connectivity index (χ0v) is 17.2. The van der Waals surface area contributed by atoms with Crippen molar-refractivity contribution in [1.82, 2.24) is 20.9 Å². The van der Waals surface area contributed by atoms with E-state index in [-0.39, 0.29) is 24.9 Å². The van der Waals surface area contributed by atoms with Gasteiger partial charge in [0.05, 0.1) is 23.8 Å². The highest BCUT2D eigenvalue weighted by Crippen LogP contribution is 2.34. The van der Waals surface area contributed by atoms with Crippen LogP contribution < -0.4 is 16.0 Å². The molecule has 0 aromatic heterocycles. The van der Waals surface area contributed by atoms with E-state index in [4.69, 9.17) is 4.74 Å². The summed E-state index contributed by atoms with van der Waals surface area (Å²) >= 11 is 0. The van der Waals surface area contributed by atoms with Gasteiger partial charge in [-0.05, 0) is 30.9 Å². The smallest absolute Gasteiger partial charge is 0.262 e. The van der Waals surface area contributed by atoms with Crippen molar-refractivity contribution < 1.29 is 23.9 Å². The number of ether oxygens (including phenoxy) is 1. The number of benzene rings is 1. The molecule has 1 aromatic carbocycles. The second-order valence-electron chi connectivity index (χ2n) is 8.99. The molecule has 0 saturated carbocycles. The molecule has 9 nitrogen and oxygen atoms in total. The van der Waals surface area contributed by atoms with Crippen LogP contribution >= 0.6 is 0 Å². The minimum Gasteiger partial charge on any atom is -0.376 e. The maximum atomic E-state index is 13.1.